The van der Waals surface area contributed by atoms with E-state index < -0.39 is 0 Å². The molecular formula is C15H20ClNO. The number of nitrogens with one attached hydrogen (secondary N) is 1. The summed E-state index contributed by atoms with van der Waals surface area (Å²) < 4.78 is 0. The van der Waals surface area contributed by atoms with Crippen LogP contribution in [0.2, 0.25) is 5.02 Å². The maximum absolute atomic E-state index is 12.2. The molecule has 1 amide bonds. The number of carbonyl (C=O) groups excluding carboxylic acids is 1. The van der Waals surface area contributed by atoms with Gasteiger partial charge in [0.1, 0.15) is 0 Å². The summed E-state index contributed by atoms with van der Waals surface area (Å²) in [7, 11) is 0. The highest BCUT2D eigenvalue weighted by atomic mass is 35.5. The maximum Gasteiger partial charge on any atom is 0.223 e. The lowest BCUT2D eigenvalue weighted by Crippen LogP contribution is -2.38. The van der Waals surface area contributed by atoms with Crippen molar-refractivity contribution in [2.75, 3.05) is 0 Å². The lowest BCUT2D eigenvalue weighted by Gasteiger charge is -2.21. The Morgan fingerprint density at radius 3 is 2.28 bits per heavy atom. The molecule has 3 heteroatoms. The van der Waals surface area contributed by atoms with Crippen LogP contribution in [-0.4, -0.2) is 5.91 Å². The van der Waals surface area contributed by atoms with Crippen LogP contribution in [0.3, 0.4) is 0 Å². The number of halogens is 1. The second-order valence-corrected chi connectivity index (χ2v) is 5.53. The Bertz CT molecular complexity index is 419. The molecule has 0 aromatic heterocycles. The van der Waals surface area contributed by atoms with Crippen LogP contribution in [0.5, 0.6) is 0 Å². The molecule has 0 radical (unpaired) electrons. The Morgan fingerprint density at radius 2 is 1.83 bits per heavy atom. The van der Waals surface area contributed by atoms with Crippen LogP contribution >= 0.6 is 11.6 Å². The molecule has 0 unspecified atom stereocenters. The van der Waals surface area contributed by atoms with E-state index in [4.69, 9.17) is 11.6 Å². The molecule has 0 aliphatic heterocycles. The molecule has 0 spiro atoms. The van der Waals surface area contributed by atoms with Gasteiger partial charge in [0.25, 0.3) is 0 Å². The first kappa shape index (κ1) is 13.4. The van der Waals surface area contributed by atoms with Crippen molar-refractivity contribution in [1.82, 2.24) is 5.32 Å². The summed E-state index contributed by atoms with van der Waals surface area (Å²) in [5, 5.41) is 3.96. The second-order valence-electron chi connectivity index (χ2n) is 5.09. The standard InChI is InChI=1S/C15H20ClNO/c1-3-11(4-2)14(18)17-15(9-10-15)12-5-7-13(16)8-6-12/h5-8,11H,3-4,9-10H2,1-2H3,(H,17,18). The Kier molecular flexibility index (Phi) is 3.96. The Labute approximate surface area is 114 Å². The fourth-order valence-electron chi connectivity index (χ4n) is 2.38. The van der Waals surface area contributed by atoms with Gasteiger partial charge in [-0.2, -0.15) is 0 Å². The normalized spacial score (nSPS) is 16.7. The third-order valence-corrected chi connectivity index (χ3v) is 4.12. The minimum atomic E-state index is -0.121. The summed E-state index contributed by atoms with van der Waals surface area (Å²) in [6.45, 7) is 4.13. The predicted octanol–water partition coefficient (Wildman–Crippen LogP) is 3.88. The highest BCUT2D eigenvalue weighted by Crippen LogP contribution is 2.46. The Morgan fingerprint density at radius 1 is 1.28 bits per heavy atom. The first-order chi connectivity index (χ1) is 8.61. The SMILES string of the molecule is CCC(CC)C(=O)NC1(c2ccc(Cl)cc2)CC1. The third-order valence-electron chi connectivity index (χ3n) is 3.87. The van der Waals surface area contributed by atoms with Crippen molar-refractivity contribution in [1.29, 1.82) is 0 Å². The molecule has 98 valence electrons. The molecule has 1 aromatic carbocycles. The second kappa shape index (κ2) is 5.31. The number of hydrogen-bond donors (Lipinski definition) is 1. The van der Waals surface area contributed by atoms with E-state index in [0.717, 1.165) is 30.7 Å². The topological polar surface area (TPSA) is 29.1 Å². The van der Waals surface area contributed by atoms with E-state index in [-0.39, 0.29) is 17.4 Å². The van der Waals surface area contributed by atoms with Gasteiger partial charge in [0.05, 0.1) is 5.54 Å². The van der Waals surface area contributed by atoms with Crippen LogP contribution in [0.1, 0.15) is 45.1 Å². The van der Waals surface area contributed by atoms with Crippen LogP contribution in [-0.2, 0) is 10.3 Å². The van der Waals surface area contributed by atoms with Crippen LogP contribution in [0.4, 0.5) is 0 Å². The monoisotopic (exact) mass is 265 g/mol. The molecule has 1 aromatic rings. The molecule has 1 saturated carbocycles. The molecular weight excluding hydrogens is 246 g/mol. The summed E-state index contributed by atoms with van der Waals surface area (Å²) in [4.78, 5) is 12.2. The first-order valence-corrected chi connectivity index (χ1v) is 7.07. The minimum absolute atomic E-state index is 0.121. The van der Waals surface area contributed by atoms with Crippen molar-refractivity contribution in [3.05, 3.63) is 34.9 Å². The number of benzene rings is 1. The summed E-state index contributed by atoms with van der Waals surface area (Å²) in [6, 6.07) is 7.81. The van der Waals surface area contributed by atoms with E-state index in [1.807, 2.05) is 24.3 Å². The van der Waals surface area contributed by atoms with Crippen LogP contribution in [0.25, 0.3) is 0 Å². The molecule has 2 rings (SSSR count). The zero-order chi connectivity index (χ0) is 13.2. The smallest absolute Gasteiger partial charge is 0.223 e. The van der Waals surface area contributed by atoms with Gasteiger partial charge >= 0.3 is 0 Å². The van der Waals surface area contributed by atoms with Gasteiger partial charge in [0.2, 0.25) is 5.91 Å². The molecule has 1 aliphatic rings. The fraction of sp³-hybridized carbons (Fsp3) is 0.533. The van der Waals surface area contributed by atoms with Crippen molar-refractivity contribution in [3.63, 3.8) is 0 Å². The Hall–Kier alpha value is -1.02. The summed E-state index contributed by atoms with van der Waals surface area (Å²) in [6.07, 6.45) is 3.86. The van der Waals surface area contributed by atoms with Gasteiger partial charge in [0, 0.05) is 10.9 Å². The summed E-state index contributed by atoms with van der Waals surface area (Å²) in [5.41, 5.74) is 1.05. The highest BCUT2D eigenvalue weighted by Gasteiger charge is 2.46. The van der Waals surface area contributed by atoms with Crippen molar-refractivity contribution in [2.45, 2.75) is 45.1 Å². The maximum atomic E-state index is 12.2. The summed E-state index contributed by atoms with van der Waals surface area (Å²) in [5.74, 6) is 0.322. The number of rotatable bonds is 5. The van der Waals surface area contributed by atoms with E-state index in [9.17, 15) is 4.79 Å². The van der Waals surface area contributed by atoms with E-state index in [0.29, 0.717) is 0 Å². The quantitative estimate of drug-likeness (QED) is 0.860. The molecule has 1 N–H and O–H groups in total. The van der Waals surface area contributed by atoms with Gasteiger partial charge in [0.15, 0.2) is 0 Å². The van der Waals surface area contributed by atoms with Gasteiger partial charge in [-0.3, -0.25) is 4.79 Å². The van der Waals surface area contributed by atoms with Crippen LogP contribution in [0.15, 0.2) is 24.3 Å². The molecule has 0 heterocycles. The van der Waals surface area contributed by atoms with Crippen LogP contribution in [0, 0.1) is 5.92 Å². The molecule has 0 saturated heterocycles. The average Bonchev–Trinajstić information content (AvgIpc) is 3.12. The number of amides is 1. The zero-order valence-corrected chi connectivity index (χ0v) is 11.8. The van der Waals surface area contributed by atoms with Gasteiger partial charge in [-0.05, 0) is 43.4 Å². The van der Waals surface area contributed by atoms with Gasteiger partial charge in [-0.25, -0.2) is 0 Å². The van der Waals surface area contributed by atoms with Crippen molar-refractivity contribution in [3.8, 4) is 0 Å². The highest BCUT2D eigenvalue weighted by molar-refractivity contribution is 6.30. The van der Waals surface area contributed by atoms with Gasteiger partial charge in [-0.15, -0.1) is 0 Å². The Balaban J connectivity index is 2.08. The largest absolute Gasteiger partial charge is 0.346 e. The van der Waals surface area contributed by atoms with E-state index in [1.165, 1.54) is 5.56 Å². The molecule has 18 heavy (non-hydrogen) atoms. The van der Waals surface area contributed by atoms with E-state index >= 15 is 0 Å². The minimum Gasteiger partial charge on any atom is -0.346 e. The molecule has 0 bridgehead atoms. The first-order valence-electron chi connectivity index (χ1n) is 6.69. The van der Waals surface area contributed by atoms with Crippen molar-refractivity contribution >= 4 is 17.5 Å². The fourth-order valence-corrected chi connectivity index (χ4v) is 2.50. The van der Waals surface area contributed by atoms with E-state index in [2.05, 4.69) is 19.2 Å². The van der Waals surface area contributed by atoms with Crippen LogP contribution < -0.4 is 5.32 Å². The van der Waals surface area contributed by atoms with E-state index in [1.54, 1.807) is 0 Å². The van der Waals surface area contributed by atoms with Gasteiger partial charge in [-0.1, -0.05) is 37.6 Å². The zero-order valence-electron chi connectivity index (χ0n) is 11.0. The molecule has 2 nitrogen and oxygen atoms in total. The third kappa shape index (κ3) is 2.69. The number of hydrogen-bond acceptors (Lipinski definition) is 1. The van der Waals surface area contributed by atoms with Gasteiger partial charge < -0.3 is 5.32 Å². The lowest BCUT2D eigenvalue weighted by atomic mass is 9.99. The van der Waals surface area contributed by atoms with Crippen molar-refractivity contribution < 1.29 is 4.79 Å². The molecule has 1 aliphatic carbocycles. The predicted molar refractivity (Wildman–Crippen MR) is 74.6 cm³/mol. The molecule has 0 atom stereocenters. The molecule has 1 fully saturated rings. The number of carbonyl (C=O) groups is 1. The average molecular weight is 266 g/mol. The lowest BCUT2D eigenvalue weighted by molar-refractivity contribution is -0.126. The summed E-state index contributed by atoms with van der Waals surface area (Å²) >= 11 is 5.90. The van der Waals surface area contributed by atoms with Crippen molar-refractivity contribution in [2.24, 2.45) is 5.92 Å².